The molecule has 1 aromatic heterocycles. The van der Waals surface area contributed by atoms with Gasteiger partial charge in [-0.2, -0.15) is 0 Å². The second kappa shape index (κ2) is 5.14. The van der Waals surface area contributed by atoms with Crippen LogP contribution in [0.4, 0.5) is 0 Å². The van der Waals surface area contributed by atoms with Crippen LogP contribution in [-0.4, -0.2) is 30.2 Å². The van der Waals surface area contributed by atoms with Crippen molar-refractivity contribution in [3.63, 3.8) is 0 Å². The van der Waals surface area contributed by atoms with Gasteiger partial charge in [0.1, 0.15) is 11.8 Å². The Bertz CT molecular complexity index is 331. The molecule has 0 aliphatic carbocycles. The van der Waals surface area contributed by atoms with E-state index < -0.39 is 6.04 Å². The summed E-state index contributed by atoms with van der Waals surface area (Å²) in [5.74, 6) is 0.502. The Morgan fingerprint density at radius 1 is 1.75 bits per heavy atom. The zero-order valence-electron chi connectivity index (χ0n) is 8.98. The van der Waals surface area contributed by atoms with Crippen LogP contribution >= 0.6 is 0 Å². The first-order chi connectivity index (χ1) is 7.81. The van der Waals surface area contributed by atoms with Crippen molar-refractivity contribution in [1.82, 2.24) is 10.6 Å². The van der Waals surface area contributed by atoms with Crippen molar-refractivity contribution in [2.45, 2.75) is 24.9 Å². The van der Waals surface area contributed by atoms with Crippen LogP contribution in [0.2, 0.25) is 0 Å². The van der Waals surface area contributed by atoms with Crippen LogP contribution in [0.5, 0.6) is 0 Å². The summed E-state index contributed by atoms with van der Waals surface area (Å²) in [5, 5.41) is 15.1. The molecule has 0 radical (unpaired) electrons. The smallest absolute Gasteiger partial charge is 0.237 e. The largest absolute Gasteiger partial charge is 0.467 e. The molecule has 1 aliphatic heterocycles. The fourth-order valence-corrected chi connectivity index (χ4v) is 1.88. The number of amides is 1. The second-order valence-corrected chi connectivity index (χ2v) is 3.91. The first-order valence-electron chi connectivity index (χ1n) is 5.49. The Kier molecular flexibility index (Phi) is 3.58. The van der Waals surface area contributed by atoms with Gasteiger partial charge in [0.05, 0.1) is 18.9 Å². The summed E-state index contributed by atoms with van der Waals surface area (Å²) in [4.78, 5) is 11.8. The lowest BCUT2D eigenvalue weighted by molar-refractivity contribution is -0.124. The molecule has 0 bridgehead atoms. The lowest BCUT2D eigenvalue weighted by Gasteiger charge is -2.17. The molecule has 2 rings (SSSR count). The van der Waals surface area contributed by atoms with E-state index in [-0.39, 0.29) is 18.6 Å². The van der Waals surface area contributed by atoms with Gasteiger partial charge in [0.25, 0.3) is 0 Å². The van der Waals surface area contributed by atoms with Gasteiger partial charge in [0.2, 0.25) is 5.91 Å². The maximum Gasteiger partial charge on any atom is 0.237 e. The maximum absolute atomic E-state index is 11.8. The van der Waals surface area contributed by atoms with Crippen molar-refractivity contribution >= 4 is 5.91 Å². The fraction of sp³-hybridized carbons (Fsp3) is 0.545. The standard InChI is InChI=1S/C11H16N2O3/c14-7-9(10-4-2-6-16-10)13-11(15)8-3-1-5-12-8/h2,4,6,8-9,12,14H,1,3,5,7H2,(H,13,15). The first-order valence-corrected chi connectivity index (χ1v) is 5.49. The number of nitrogens with one attached hydrogen (secondary N) is 2. The molecule has 0 spiro atoms. The molecule has 2 heterocycles. The van der Waals surface area contributed by atoms with Gasteiger partial charge < -0.3 is 20.2 Å². The molecule has 5 heteroatoms. The van der Waals surface area contributed by atoms with Gasteiger partial charge >= 0.3 is 0 Å². The molecule has 3 N–H and O–H groups in total. The van der Waals surface area contributed by atoms with Crippen LogP contribution in [-0.2, 0) is 4.79 Å². The molecule has 5 nitrogen and oxygen atoms in total. The highest BCUT2D eigenvalue weighted by atomic mass is 16.3. The van der Waals surface area contributed by atoms with Crippen LogP contribution < -0.4 is 10.6 Å². The molecular weight excluding hydrogens is 208 g/mol. The summed E-state index contributed by atoms with van der Waals surface area (Å²) >= 11 is 0. The molecule has 16 heavy (non-hydrogen) atoms. The third kappa shape index (κ3) is 2.43. The molecule has 1 aliphatic rings. The predicted octanol–water partition coefficient (Wildman–Crippen LogP) is 0.181. The Morgan fingerprint density at radius 2 is 2.62 bits per heavy atom. The minimum Gasteiger partial charge on any atom is -0.467 e. The van der Waals surface area contributed by atoms with E-state index in [2.05, 4.69) is 10.6 Å². The molecule has 1 amide bonds. The SMILES string of the molecule is O=C(NC(CO)c1ccco1)C1CCCN1. The monoisotopic (exact) mass is 224 g/mol. The van der Waals surface area contributed by atoms with Gasteiger partial charge in [-0.05, 0) is 31.5 Å². The van der Waals surface area contributed by atoms with Gasteiger partial charge in [-0.3, -0.25) is 4.79 Å². The van der Waals surface area contributed by atoms with Gasteiger partial charge in [-0.25, -0.2) is 0 Å². The number of rotatable bonds is 4. The summed E-state index contributed by atoms with van der Waals surface area (Å²) in [5.41, 5.74) is 0. The van der Waals surface area contributed by atoms with Crippen LogP contribution in [0.3, 0.4) is 0 Å². The van der Waals surface area contributed by atoms with E-state index in [1.54, 1.807) is 12.1 Å². The molecule has 88 valence electrons. The van der Waals surface area contributed by atoms with E-state index >= 15 is 0 Å². The quantitative estimate of drug-likeness (QED) is 0.682. The third-order valence-corrected chi connectivity index (χ3v) is 2.76. The molecule has 0 saturated carbocycles. The zero-order valence-corrected chi connectivity index (χ0v) is 8.98. The fourth-order valence-electron chi connectivity index (χ4n) is 1.88. The third-order valence-electron chi connectivity index (χ3n) is 2.76. The minimum atomic E-state index is -0.454. The second-order valence-electron chi connectivity index (χ2n) is 3.91. The van der Waals surface area contributed by atoms with Crippen molar-refractivity contribution in [3.8, 4) is 0 Å². The summed E-state index contributed by atoms with van der Waals surface area (Å²) in [6.45, 7) is 0.717. The van der Waals surface area contributed by atoms with E-state index in [9.17, 15) is 9.90 Å². The van der Waals surface area contributed by atoms with E-state index in [1.807, 2.05) is 0 Å². The van der Waals surface area contributed by atoms with Crippen LogP contribution in [0.1, 0.15) is 24.6 Å². The van der Waals surface area contributed by atoms with Crippen molar-refractivity contribution in [2.75, 3.05) is 13.2 Å². The highest BCUT2D eigenvalue weighted by molar-refractivity contribution is 5.82. The zero-order chi connectivity index (χ0) is 11.4. The molecule has 1 aromatic rings. The van der Waals surface area contributed by atoms with Crippen LogP contribution in [0.15, 0.2) is 22.8 Å². The number of furan rings is 1. The van der Waals surface area contributed by atoms with Crippen molar-refractivity contribution in [3.05, 3.63) is 24.2 Å². The molecule has 2 atom stereocenters. The van der Waals surface area contributed by atoms with Gasteiger partial charge in [0, 0.05) is 0 Å². The number of hydrogen-bond donors (Lipinski definition) is 3. The lowest BCUT2D eigenvalue weighted by Crippen LogP contribution is -2.42. The number of aliphatic hydroxyl groups is 1. The van der Waals surface area contributed by atoms with E-state index in [0.29, 0.717) is 5.76 Å². The van der Waals surface area contributed by atoms with E-state index in [1.165, 1.54) is 6.26 Å². The number of carbonyl (C=O) groups excluding carboxylic acids is 1. The summed E-state index contributed by atoms with van der Waals surface area (Å²) in [7, 11) is 0. The van der Waals surface area contributed by atoms with E-state index in [0.717, 1.165) is 19.4 Å². The lowest BCUT2D eigenvalue weighted by atomic mass is 10.2. The van der Waals surface area contributed by atoms with Gasteiger partial charge in [-0.1, -0.05) is 0 Å². The number of aliphatic hydroxyl groups excluding tert-OH is 1. The van der Waals surface area contributed by atoms with Crippen LogP contribution in [0.25, 0.3) is 0 Å². The maximum atomic E-state index is 11.8. The summed E-state index contributed by atoms with van der Waals surface area (Å²) in [6, 6.07) is 2.88. The van der Waals surface area contributed by atoms with Crippen molar-refractivity contribution < 1.29 is 14.3 Å². The Balaban J connectivity index is 1.93. The Hall–Kier alpha value is -1.33. The van der Waals surface area contributed by atoms with Gasteiger partial charge in [-0.15, -0.1) is 0 Å². The average Bonchev–Trinajstić information content (AvgIpc) is 2.96. The molecule has 1 fully saturated rings. The number of hydrogen-bond acceptors (Lipinski definition) is 4. The molecular formula is C11H16N2O3. The minimum absolute atomic E-state index is 0.0760. The van der Waals surface area contributed by atoms with Crippen molar-refractivity contribution in [1.29, 1.82) is 0 Å². The normalized spacial score (nSPS) is 21.9. The van der Waals surface area contributed by atoms with Crippen molar-refractivity contribution in [2.24, 2.45) is 0 Å². The summed E-state index contributed by atoms with van der Waals surface area (Å²) in [6.07, 6.45) is 3.39. The first kappa shape index (κ1) is 11.2. The number of carbonyl (C=O) groups is 1. The molecule has 2 unspecified atom stereocenters. The Labute approximate surface area is 93.8 Å². The molecule has 0 aromatic carbocycles. The Morgan fingerprint density at radius 3 is 3.19 bits per heavy atom. The predicted molar refractivity (Wildman–Crippen MR) is 57.7 cm³/mol. The van der Waals surface area contributed by atoms with E-state index in [4.69, 9.17) is 4.42 Å². The topological polar surface area (TPSA) is 74.5 Å². The van der Waals surface area contributed by atoms with Crippen LogP contribution in [0, 0.1) is 0 Å². The highest BCUT2D eigenvalue weighted by Crippen LogP contribution is 2.14. The summed E-state index contributed by atoms with van der Waals surface area (Å²) < 4.78 is 5.15. The van der Waals surface area contributed by atoms with Gasteiger partial charge in [0.15, 0.2) is 0 Å². The highest BCUT2D eigenvalue weighted by Gasteiger charge is 2.25. The average molecular weight is 224 g/mol. The molecule has 1 saturated heterocycles.